The molecule has 1 rings (SSSR count). The van der Waals surface area contributed by atoms with E-state index in [2.05, 4.69) is 10.3 Å². The van der Waals surface area contributed by atoms with Gasteiger partial charge in [-0.05, 0) is 18.6 Å². The molecule has 0 saturated carbocycles. The highest BCUT2D eigenvalue weighted by molar-refractivity contribution is 5.92. The van der Waals surface area contributed by atoms with Crippen molar-refractivity contribution in [2.75, 3.05) is 11.9 Å². The van der Waals surface area contributed by atoms with Crippen LogP contribution in [0.25, 0.3) is 0 Å². The Morgan fingerprint density at radius 2 is 2.43 bits per heavy atom. The zero-order valence-electron chi connectivity index (χ0n) is 8.45. The molecule has 1 aromatic rings. The predicted octanol–water partition coefficient (Wildman–Crippen LogP) is 0.923. The van der Waals surface area contributed by atoms with Crippen molar-refractivity contribution in [2.24, 2.45) is 11.7 Å². The number of nitrogens with two attached hydrogens (primary N) is 1. The summed E-state index contributed by atoms with van der Waals surface area (Å²) < 4.78 is 0. The number of hydrogen-bond donors (Lipinski definition) is 2. The molecule has 0 aliphatic carbocycles. The molecule has 0 aromatic carbocycles. The number of carbonyl (C=O) groups excluding carboxylic acids is 1. The number of amides is 1. The Kier molecular flexibility index (Phi) is 3.59. The highest BCUT2D eigenvalue weighted by atomic mass is 16.1. The maximum Gasteiger partial charge on any atom is 0.228 e. The summed E-state index contributed by atoms with van der Waals surface area (Å²) in [7, 11) is 0. The van der Waals surface area contributed by atoms with Crippen LogP contribution < -0.4 is 11.1 Å². The van der Waals surface area contributed by atoms with E-state index in [1.807, 2.05) is 13.0 Å². The van der Waals surface area contributed by atoms with Gasteiger partial charge in [-0.15, -0.1) is 0 Å². The molecule has 1 amide bonds. The average Bonchev–Trinajstić information content (AvgIpc) is 2.20. The first-order valence-corrected chi connectivity index (χ1v) is 4.56. The predicted molar refractivity (Wildman–Crippen MR) is 55.8 cm³/mol. The summed E-state index contributed by atoms with van der Waals surface area (Å²) >= 11 is 0. The van der Waals surface area contributed by atoms with E-state index in [9.17, 15) is 4.79 Å². The highest BCUT2D eigenvalue weighted by Gasteiger charge is 2.11. The quantitative estimate of drug-likeness (QED) is 0.750. The average molecular weight is 193 g/mol. The minimum Gasteiger partial charge on any atom is -0.330 e. The molecule has 4 nitrogen and oxygen atoms in total. The minimum atomic E-state index is -0.172. The Bertz CT molecular complexity index is 325. The van der Waals surface area contributed by atoms with E-state index in [1.165, 1.54) is 0 Å². The smallest absolute Gasteiger partial charge is 0.228 e. The van der Waals surface area contributed by atoms with Gasteiger partial charge in [0.1, 0.15) is 0 Å². The molecule has 1 heterocycles. The van der Waals surface area contributed by atoms with Crippen LogP contribution in [0.5, 0.6) is 0 Å². The van der Waals surface area contributed by atoms with E-state index in [0.717, 1.165) is 11.3 Å². The van der Waals surface area contributed by atoms with Gasteiger partial charge in [-0.1, -0.05) is 6.92 Å². The minimum absolute atomic E-state index is 0.0661. The first-order chi connectivity index (χ1) is 6.65. The summed E-state index contributed by atoms with van der Waals surface area (Å²) in [6, 6.07) is 1.85. The number of nitrogens with one attached hydrogen (secondary N) is 1. The zero-order valence-corrected chi connectivity index (χ0v) is 8.45. The molecule has 0 aliphatic heterocycles. The van der Waals surface area contributed by atoms with Gasteiger partial charge in [0.25, 0.3) is 0 Å². The second kappa shape index (κ2) is 4.72. The Balaban J connectivity index is 2.70. The molecule has 4 heteroatoms. The first-order valence-electron chi connectivity index (χ1n) is 4.56. The van der Waals surface area contributed by atoms with Crippen LogP contribution in [-0.4, -0.2) is 17.4 Å². The van der Waals surface area contributed by atoms with Crippen LogP contribution in [0.15, 0.2) is 18.5 Å². The summed E-state index contributed by atoms with van der Waals surface area (Å²) in [6.45, 7) is 4.07. The van der Waals surface area contributed by atoms with Gasteiger partial charge in [0, 0.05) is 18.7 Å². The van der Waals surface area contributed by atoms with Gasteiger partial charge >= 0.3 is 0 Å². The molecule has 0 bridgehead atoms. The number of hydrogen-bond acceptors (Lipinski definition) is 3. The fourth-order valence-electron chi connectivity index (χ4n) is 0.958. The van der Waals surface area contributed by atoms with E-state index in [0.29, 0.717) is 6.54 Å². The van der Waals surface area contributed by atoms with Crippen molar-refractivity contribution < 1.29 is 4.79 Å². The maximum atomic E-state index is 11.5. The lowest BCUT2D eigenvalue weighted by Crippen LogP contribution is -2.26. The SMILES string of the molecule is Cc1ccncc1NC(=O)C(C)CN. The molecule has 1 unspecified atom stereocenters. The first kappa shape index (κ1) is 10.7. The van der Waals surface area contributed by atoms with Gasteiger partial charge in [-0.2, -0.15) is 0 Å². The van der Waals surface area contributed by atoms with Crippen LogP contribution in [0.3, 0.4) is 0 Å². The molecule has 14 heavy (non-hydrogen) atoms. The topological polar surface area (TPSA) is 68.0 Å². The van der Waals surface area contributed by atoms with Crippen molar-refractivity contribution in [2.45, 2.75) is 13.8 Å². The third-order valence-corrected chi connectivity index (χ3v) is 2.10. The summed E-state index contributed by atoms with van der Waals surface area (Å²) in [6.07, 6.45) is 3.33. The molecule has 0 fully saturated rings. The lowest BCUT2D eigenvalue weighted by Gasteiger charge is -2.10. The Morgan fingerprint density at radius 1 is 1.71 bits per heavy atom. The van der Waals surface area contributed by atoms with Gasteiger partial charge in [0.15, 0.2) is 0 Å². The molecule has 0 spiro atoms. The lowest BCUT2D eigenvalue weighted by molar-refractivity contribution is -0.119. The normalized spacial score (nSPS) is 12.2. The largest absolute Gasteiger partial charge is 0.330 e. The van der Waals surface area contributed by atoms with Gasteiger partial charge in [0.05, 0.1) is 11.9 Å². The van der Waals surface area contributed by atoms with Crippen LogP contribution in [0.2, 0.25) is 0 Å². The van der Waals surface area contributed by atoms with Gasteiger partial charge < -0.3 is 11.1 Å². The zero-order chi connectivity index (χ0) is 10.6. The molecular formula is C10H15N3O. The maximum absolute atomic E-state index is 11.5. The lowest BCUT2D eigenvalue weighted by atomic mass is 10.1. The summed E-state index contributed by atoms with van der Waals surface area (Å²) in [5, 5.41) is 2.78. The Morgan fingerprint density at radius 3 is 3.00 bits per heavy atom. The van der Waals surface area contributed by atoms with Crippen LogP contribution in [0.1, 0.15) is 12.5 Å². The van der Waals surface area contributed by atoms with E-state index >= 15 is 0 Å². The summed E-state index contributed by atoms with van der Waals surface area (Å²) in [4.78, 5) is 15.4. The van der Waals surface area contributed by atoms with E-state index in [1.54, 1.807) is 19.3 Å². The number of anilines is 1. The highest BCUT2D eigenvalue weighted by Crippen LogP contribution is 2.12. The number of rotatable bonds is 3. The van der Waals surface area contributed by atoms with Crippen LogP contribution in [0.4, 0.5) is 5.69 Å². The van der Waals surface area contributed by atoms with Crippen molar-refractivity contribution in [1.82, 2.24) is 4.98 Å². The molecule has 0 saturated heterocycles. The third kappa shape index (κ3) is 2.53. The van der Waals surface area contributed by atoms with Crippen molar-refractivity contribution >= 4 is 11.6 Å². The molecular weight excluding hydrogens is 178 g/mol. The van der Waals surface area contributed by atoms with Crippen molar-refractivity contribution in [3.05, 3.63) is 24.0 Å². The summed E-state index contributed by atoms with van der Waals surface area (Å²) in [5.74, 6) is -0.238. The Labute approximate surface area is 83.5 Å². The molecule has 1 atom stereocenters. The second-order valence-electron chi connectivity index (χ2n) is 3.32. The molecule has 0 radical (unpaired) electrons. The Hall–Kier alpha value is -1.42. The van der Waals surface area contributed by atoms with Crippen molar-refractivity contribution in [3.63, 3.8) is 0 Å². The molecule has 76 valence electrons. The fraction of sp³-hybridized carbons (Fsp3) is 0.400. The van der Waals surface area contributed by atoms with Crippen molar-refractivity contribution in [1.29, 1.82) is 0 Å². The fourth-order valence-corrected chi connectivity index (χ4v) is 0.958. The van der Waals surface area contributed by atoms with E-state index < -0.39 is 0 Å². The van der Waals surface area contributed by atoms with Gasteiger partial charge in [-0.3, -0.25) is 9.78 Å². The number of carbonyl (C=O) groups is 1. The van der Waals surface area contributed by atoms with E-state index in [-0.39, 0.29) is 11.8 Å². The van der Waals surface area contributed by atoms with E-state index in [4.69, 9.17) is 5.73 Å². The summed E-state index contributed by atoms with van der Waals surface area (Å²) in [5.41, 5.74) is 7.13. The van der Waals surface area contributed by atoms with Crippen LogP contribution in [-0.2, 0) is 4.79 Å². The number of aromatic nitrogens is 1. The number of nitrogens with zero attached hydrogens (tertiary/aromatic N) is 1. The van der Waals surface area contributed by atoms with Gasteiger partial charge in [0.2, 0.25) is 5.91 Å². The monoisotopic (exact) mass is 193 g/mol. The number of pyridine rings is 1. The molecule has 3 N–H and O–H groups in total. The number of aryl methyl sites for hydroxylation is 1. The standard InChI is InChI=1S/C10H15N3O/c1-7-3-4-12-6-9(7)13-10(14)8(2)5-11/h3-4,6,8H,5,11H2,1-2H3,(H,13,14). The van der Waals surface area contributed by atoms with Crippen LogP contribution >= 0.6 is 0 Å². The second-order valence-corrected chi connectivity index (χ2v) is 3.32. The van der Waals surface area contributed by atoms with Crippen LogP contribution in [0, 0.1) is 12.8 Å². The van der Waals surface area contributed by atoms with Gasteiger partial charge in [-0.25, -0.2) is 0 Å². The third-order valence-electron chi connectivity index (χ3n) is 2.10. The molecule has 0 aliphatic rings. The van der Waals surface area contributed by atoms with Crippen molar-refractivity contribution in [3.8, 4) is 0 Å². The molecule has 1 aromatic heterocycles.